The summed E-state index contributed by atoms with van der Waals surface area (Å²) in [7, 11) is 4.29. The number of benzene rings is 1. The van der Waals surface area contributed by atoms with Crippen LogP contribution < -0.4 is 14.8 Å². The molecule has 2 aromatic rings. The van der Waals surface area contributed by atoms with Crippen LogP contribution in [0, 0.1) is 13.8 Å². The molecule has 174 valence electrons. The summed E-state index contributed by atoms with van der Waals surface area (Å²) in [6.07, 6.45) is -0.387. The van der Waals surface area contributed by atoms with E-state index in [1.54, 1.807) is 45.9 Å². The van der Waals surface area contributed by atoms with Crippen LogP contribution in [0.1, 0.15) is 64.0 Å². The molecule has 9 nitrogen and oxygen atoms in total. The van der Waals surface area contributed by atoms with Gasteiger partial charge in [0.25, 0.3) is 5.91 Å². The van der Waals surface area contributed by atoms with Crippen molar-refractivity contribution in [2.45, 2.75) is 46.3 Å². The number of aromatic amines is 1. The second-order valence-electron chi connectivity index (χ2n) is 7.50. The van der Waals surface area contributed by atoms with Crippen molar-refractivity contribution in [1.82, 2.24) is 10.3 Å². The first kappa shape index (κ1) is 24.8. The number of aromatic nitrogens is 1. The Labute approximate surface area is 187 Å². The van der Waals surface area contributed by atoms with Crippen molar-refractivity contribution in [3.8, 4) is 11.5 Å². The van der Waals surface area contributed by atoms with Gasteiger partial charge in [0.15, 0.2) is 11.5 Å². The summed E-state index contributed by atoms with van der Waals surface area (Å²) in [5.74, 6) is -0.497. The molecule has 1 aromatic carbocycles. The first-order valence-electron chi connectivity index (χ1n) is 10.1. The molecule has 0 fully saturated rings. The van der Waals surface area contributed by atoms with Crippen LogP contribution >= 0.6 is 0 Å². The van der Waals surface area contributed by atoms with Crippen molar-refractivity contribution in [3.05, 3.63) is 46.3 Å². The minimum atomic E-state index is -0.705. The van der Waals surface area contributed by atoms with E-state index < -0.39 is 23.9 Å². The zero-order valence-corrected chi connectivity index (χ0v) is 19.5. The van der Waals surface area contributed by atoms with E-state index in [2.05, 4.69) is 10.3 Å². The van der Waals surface area contributed by atoms with Crippen LogP contribution in [0.3, 0.4) is 0 Å². The van der Waals surface area contributed by atoms with Crippen LogP contribution in [0.2, 0.25) is 0 Å². The van der Waals surface area contributed by atoms with Crippen molar-refractivity contribution in [2.75, 3.05) is 21.3 Å². The first-order chi connectivity index (χ1) is 15.1. The highest BCUT2D eigenvalue weighted by molar-refractivity contribution is 6.00. The van der Waals surface area contributed by atoms with Gasteiger partial charge in [-0.2, -0.15) is 0 Å². The van der Waals surface area contributed by atoms with E-state index in [1.807, 2.05) is 0 Å². The topological polar surface area (TPSA) is 116 Å². The number of rotatable bonds is 9. The molecule has 1 amide bonds. The Morgan fingerprint density at radius 3 is 2.25 bits per heavy atom. The molecule has 0 bridgehead atoms. The van der Waals surface area contributed by atoms with Crippen molar-refractivity contribution >= 4 is 17.8 Å². The van der Waals surface area contributed by atoms with Crippen molar-refractivity contribution in [1.29, 1.82) is 0 Å². The highest BCUT2D eigenvalue weighted by Crippen LogP contribution is 2.31. The van der Waals surface area contributed by atoms with E-state index in [1.165, 1.54) is 21.3 Å². The molecule has 0 aliphatic rings. The van der Waals surface area contributed by atoms with E-state index in [4.69, 9.17) is 18.9 Å². The summed E-state index contributed by atoms with van der Waals surface area (Å²) in [6, 6.07) is 4.40. The smallest absolute Gasteiger partial charge is 0.340 e. The summed E-state index contributed by atoms with van der Waals surface area (Å²) in [6.45, 7) is 6.87. The Hall–Kier alpha value is -3.49. The van der Waals surface area contributed by atoms with E-state index in [0.717, 1.165) is 0 Å². The third kappa shape index (κ3) is 5.60. The third-order valence-electron chi connectivity index (χ3n) is 4.93. The van der Waals surface area contributed by atoms with E-state index >= 15 is 0 Å². The molecule has 1 heterocycles. The molecular formula is C23H30N2O7. The third-order valence-corrected chi connectivity index (χ3v) is 4.93. The Morgan fingerprint density at radius 2 is 1.69 bits per heavy atom. The maximum atomic E-state index is 13.1. The zero-order chi connectivity index (χ0) is 24.0. The number of nitrogens with one attached hydrogen (secondary N) is 2. The molecule has 32 heavy (non-hydrogen) atoms. The van der Waals surface area contributed by atoms with Gasteiger partial charge in [-0.15, -0.1) is 0 Å². The normalized spacial score (nSPS) is 11.6. The van der Waals surface area contributed by atoms with Gasteiger partial charge in [0.1, 0.15) is 5.69 Å². The number of H-pyrrole nitrogens is 1. The van der Waals surface area contributed by atoms with E-state index in [0.29, 0.717) is 33.9 Å². The van der Waals surface area contributed by atoms with E-state index in [9.17, 15) is 14.4 Å². The molecule has 1 unspecified atom stereocenters. The van der Waals surface area contributed by atoms with Gasteiger partial charge in [0.2, 0.25) is 0 Å². The van der Waals surface area contributed by atoms with Gasteiger partial charge in [0.05, 0.1) is 45.5 Å². The highest BCUT2D eigenvalue weighted by Gasteiger charge is 2.27. The molecule has 2 N–H and O–H groups in total. The zero-order valence-electron chi connectivity index (χ0n) is 19.5. The first-order valence-corrected chi connectivity index (χ1v) is 10.1. The number of amides is 1. The number of methoxy groups -OCH3 is 3. The van der Waals surface area contributed by atoms with Crippen LogP contribution in [0.5, 0.6) is 11.5 Å². The molecule has 0 spiro atoms. The number of esters is 2. The predicted molar refractivity (Wildman–Crippen MR) is 117 cm³/mol. The minimum Gasteiger partial charge on any atom is -0.493 e. The highest BCUT2D eigenvalue weighted by atomic mass is 16.5. The molecule has 0 aliphatic carbocycles. The molecule has 0 saturated heterocycles. The lowest BCUT2D eigenvalue weighted by molar-refractivity contribution is -0.141. The summed E-state index contributed by atoms with van der Waals surface area (Å²) in [5, 5.41) is 2.85. The number of hydrogen-bond donors (Lipinski definition) is 2. The van der Waals surface area contributed by atoms with Crippen molar-refractivity contribution in [3.63, 3.8) is 0 Å². The molecule has 1 aromatic heterocycles. The lowest BCUT2D eigenvalue weighted by Gasteiger charge is -2.19. The predicted octanol–water partition coefficient (Wildman–Crippen LogP) is 3.25. The lowest BCUT2D eigenvalue weighted by atomic mass is 10.0. The quantitative estimate of drug-likeness (QED) is 0.568. The average molecular weight is 447 g/mol. The molecule has 2 rings (SSSR count). The van der Waals surface area contributed by atoms with Gasteiger partial charge in [-0.1, -0.05) is 6.07 Å². The summed E-state index contributed by atoms with van der Waals surface area (Å²) in [5.41, 5.74) is 2.15. The maximum absolute atomic E-state index is 13.1. The largest absolute Gasteiger partial charge is 0.493 e. The van der Waals surface area contributed by atoms with Gasteiger partial charge in [-0.3, -0.25) is 9.59 Å². The molecule has 0 aliphatic heterocycles. The molecule has 0 radical (unpaired) electrons. The number of hydrogen-bond acceptors (Lipinski definition) is 7. The number of ether oxygens (including phenoxy) is 4. The van der Waals surface area contributed by atoms with Crippen LogP contribution in [-0.2, 0) is 14.3 Å². The molecule has 9 heteroatoms. The van der Waals surface area contributed by atoms with Gasteiger partial charge in [-0.05, 0) is 51.0 Å². The fourth-order valence-electron chi connectivity index (χ4n) is 3.36. The van der Waals surface area contributed by atoms with Crippen LogP contribution in [0.4, 0.5) is 0 Å². The van der Waals surface area contributed by atoms with Gasteiger partial charge < -0.3 is 29.2 Å². The van der Waals surface area contributed by atoms with Crippen molar-refractivity contribution in [2.24, 2.45) is 0 Å². The standard InChI is InChI=1S/C23H30N2O7/c1-12(2)32-23(28)20-13(3)21(24-14(20)4)22(27)25-16(11-19(26)31-7)15-8-9-17(29-5)18(10-15)30-6/h8-10,12,16,24H,11H2,1-7H3,(H,25,27). The Morgan fingerprint density at radius 1 is 1.03 bits per heavy atom. The molecular weight excluding hydrogens is 416 g/mol. The van der Waals surface area contributed by atoms with E-state index in [-0.39, 0.29) is 18.2 Å². The molecule has 0 saturated carbocycles. The Balaban J connectivity index is 2.38. The lowest BCUT2D eigenvalue weighted by Crippen LogP contribution is -2.31. The second-order valence-corrected chi connectivity index (χ2v) is 7.50. The maximum Gasteiger partial charge on any atom is 0.340 e. The van der Waals surface area contributed by atoms with Gasteiger partial charge in [-0.25, -0.2) is 4.79 Å². The van der Waals surface area contributed by atoms with Crippen LogP contribution in [0.25, 0.3) is 0 Å². The van der Waals surface area contributed by atoms with Crippen molar-refractivity contribution < 1.29 is 33.3 Å². The Bertz CT molecular complexity index is 994. The summed E-state index contributed by atoms with van der Waals surface area (Å²) >= 11 is 0. The number of carbonyl (C=O) groups excluding carboxylic acids is 3. The Kier molecular flexibility index (Phi) is 8.28. The SMILES string of the molecule is COC(=O)CC(NC(=O)c1[nH]c(C)c(C(=O)OC(C)C)c1C)c1ccc(OC)c(OC)c1. The average Bonchev–Trinajstić information content (AvgIpc) is 3.05. The fourth-order valence-corrected chi connectivity index (χ4v) is 3.36. The second kappa shape index (κ2) is 10.7. The van der Waals surface area contributed by atoms with Crippen LogP contribution in [-0.4, -0.2) is 50.3 Å². The summed E-state index contributed by atoms with van der Waals surface area (Å²) < 4.78 is 20.7. The number of carbonyl (C=O) groups is 3. The molecule has 1 atom stereocenters. The monoisotopic (exact) mass is 446 g/mol. The van der Waals surface area contributed by atoms with Gasteiger partial charge in [0, 0.05) is 5.69 Å². The summed E-state index contributed by atoms with van der Waals surface area (Å²) in [4.78, 5) is 40.5. The fraction of sp³-hybridized carbons (Fsp3) is 0.435. The minimum absolute atomic E-state index is 0.0985. The van der Waals surface area contributed by atoms with Gasteiger partial charge >= 0.3 is 11.9 Å². The van der Waals surface area contributed by atoms with Crippen LogP contribution in [0.15, 0.2) is 18.2 Å². The number of aryl methyl sites for hydroxylation is 1.